The van der Waals surface area contributed by atoms with Gasteiger partial charge in [-0.2, -0.15) is 5.90 Å². The lowest BCUT2D eigenvalue weighted by Crippen LogP contribution is -2.51. The summed E-state index contributed by atoms with van der Waals surface area (Å²) >= 11 is 0. The third-order valence-corrected chi connectivity index (χ3v) is 5.41. The van der Waals surface area contributed by atoms with Crippen LogP contribution >= 0.6 is 0 Å². The standard InChI is InChI=1S/C24H32N6O2/c1-4-27-23(31)22(18-8-6-5-7-9-18)30-14-12-29(13-15-30)21-11-10-19(16-20(21)25)24(32-26)28-17(2)3/h5-11,16,22H,2,4,12-15,25-26H2,1,3H3,(H,27,31). The van der Waals surface area contributed by atoms with Crippen LogP contribution in [0.4, 0.5) is 11.4 Å². The third kappa shape index (κ3) is 5.46. The Bertz CT molecular complexity index is 968. The van der Waals surface area contributed by atoms with Gasteiger partial charge in [-0.25, -0.2) is 4.99 Å². The molecule has 1 atom stereocenters. The zero-order valence-electron chi connectivity index (χ0n) is 18.8. The molecule has 1 heterocycles. The largest absolute Gasteiger partial charge is 0.397 e. The van der Waals surface area contributed by atoms with E-state index in [0.29, 0.717) is 23.5 Å². The minimum Gasteiger partial charge on any atom is -0.397 e. The van der Waals surface area contributed by atoms with Crippen molar-refractivity contribution in [2.45, 2.75) is 19.9 Å². The van der Waals surface area contributed by atoms with E-state index in [-0.39, 0.29) is 17.8 Å². The Morgan fingerprint density at radius 1 is 1.19 bits per heavy atom. The number of aliphatic imine (C=N–C) groups is 1. The molecule has 0 bridgehead atoms. The molecule has 8 heteroatoms. The fraction of sp³-hybridized carbons (Fsp3) is 0.333. The number of nitrogens with zero attached hydrogens (tertiary/aromatic N) is 3. The summed E-state index contributed by atoms with van der Waals surface area (Å²) in [6.07, 6.45) is 0. The number of allylic oxidation sites excluding steroid dienone is 1. The monoisotopic (exact) mass is 436 g/mol. The molecule has 2 aromatic rings. The number of hydrogen-bond acceptors (Lipinski definition) is 7. The van der Waals surface area contributed by atoms with Gasteiger partial charge in [-0.3, -0.25) is 9.69 Å². The molecular formula is C24H32N6O2. The Balaban J connectivity index is 1.74. The lowest BCUT2D eigenvalue weighted by molar-refractivity contribution is -0.126. The first kappa shape index (κ1) is 23.3. The molecule has 8 nitrogen and oxygen atoms in total. The van der Waals surface area contributed by atoms with Crippen LogP contribution in [0.2, 0.25) is 0 Å². The van der Waals surface area contributed by atoms with Crippen LogP contribution < -0.4 is 21.8 Å². The van der Waals surface area contributed by atoms with Crippen LogP contribution in [0.5, 0.6) is 0 Å². The van der Waals surface area contributed by atoms with Crippen molar-refractivity contribution in [2.75, 3.05) is 43.4 Å². The highest BCUT2D eigenvalue weighted by atomic mass is 16.6. The van der Waals surface area contributed by atoms with E-state index in [9.17, 15) is 4.79 Å². The predicted octanol–water partition coefficient (Wildman–Crippen LogP) is 2.44. The smallest absolute Gasteiger partial charge is 0.244 e. The molecule has 32 heavy (non-hydrogen) atoms. The van der Waals surface area contributed by atoms with Crippen LogP contribution in [0.15, 0.2) is 65.8 Å². The maximum absolute atomic E-state index is 12.8. The maximum Gasteiger partial charge on any atom is 0.244 e. The summed E-state index contributed by atoms with van der Waals surface area (Å²) in [7, 11) is 0. The molecule has 0 aromatic heterocycles. The average molecular weight is 437 g/mol. The van der Waals surface area contributed by atoms with Crippen LogP contribution in [-0.4, -0.2) is 49.4 Å². The van der Waals surface area contributed by atoms with Crippen LogP contribution in [0.25, 0.3) is 0 Å². The Labute approximate surface area is 189 Å². The summed E-state index contributed by atoms with van der Waals surface area (Å²) in [5.41, 5.74) is 10.2. The molecule has 1 aliphatic heterocycles. The van der Waals surface area contributed by atoms with Gasteiger partial charge in [0.2, 0.25) is 11.8 Å². The van der Waals surface area contributed by atoms with Crippen molar-refractivity contribution in [1.29, 1.82) is 0 Å². The number of hydrogen-bond donors (Lipinski definition) is 3. The SMILES string of the molecule is C=C(C)N=C(ON)c1ccc(N2CCN(C(C(=O)NCC)c3ccccc3)CC2)c(N)c1. The molecule has 0 saturated carbocycles. The number of carbonyl (C=O) groups excluding carboxylic acids is 1. The van der Waals surface area contributed by atoms with Gasteiger partial charge < -0.3 is 20.8 Å². The highest BCUT2D eigenvalue weighted by Gasteiger charge is 2.30. The van der Waals surface area contributed by atoms with Gasteiger partial charge in [-0.15, -0.1) is 0 Å². The molecule has 2 aromatic carbocycles. The molecule has 1 unspecified atom stereocenters. The van der Waals surface area contributed by atoms with E-state index in [1.165, 1.54) is 0 Å². The topological polar surface area (TPSA) is 109 Å². The Hall–Kier alpha value is -3.36. The van der Waals surface area contributed by atoms with Crippen molar-refractivity contribution in [1.82, 2.24) is 10.2 Å². The summed E-state index contributed by atoms with van der Waals surface area (Å²) in [5, 5.41) is 2.98. The summed E-state index contributed by atoms with van der Waals surface area (Å²) in [6.45, 7) is 11.1. The van der Waals surface area contributed by atoms with Gasteiger partial charge in [-0.1, -0.05) is 36.9 Å². The summed E-state index contributed by atoms with van der Waals surface area (Å²) in [4.78, 5) is 26.4. The minimum atomic E-state index is -0.305. The molecule has 1 fully saturated rings. The zero-order valence-corrected chi connectivity index (χ0v) is 18.8. The maximum atomic E-state index is 12.8. The second-order valence-electron chi connectivity index (χ2n) is 7.77. The van der Waals surface area contributed by atoms with E-state index in [4.69, 9.17) is 16.5 Å². The summed E-state index contributed by atoms with van der Waals surface area (Å²) in [6, 6.07) is 15.2. The minimum absolute atomic E-state index is 0.0298. The van der Waals surface area contributed by atoms with Crippen LogP contribution in [0.1, 0.15) is 31.0 Å². The van der Waals surface area contributed by atoms with Gasteiger partial charge in [0.15, 0.2) is 0 Å². The van der Waals surface area contributed by atoms with Gasteiger partial charge in [0, 0.05) is 44.0 Å². The first-order valence-corrected chi connectivity index (χ1v) is 10.8. The number of carbonyl (C=O) groups is 1. The van der Waals surface area contributed by atoms with E-state index in [1.807, 2.05) is 49.4 Å². The van der Waals surface area contributed by atoms with Crippen molar-refractivity contribution in [3.8, 4) is 0 Å². The molecule has 1 amide bonds. The molecule has 0 radical (unpaired) electrons. The number of nitrogens with one attached hydrogen (secondary N) is 1. The zero-order chi connectivity index (χ0) is 23.1. The van der Waals surface area contributed by atoms with E-state index < -0.39 is 0 Å². The number of piperazine rings is 1. The molecule has 5 N–H and O–H groups in total. The lowest BCUT2D eigenvalue weighted by Gasteiger charge is -2.40. The molecular weight excluding hydrogens is 404 g/mol. The van der Waals surface area contributed by atoms with E-state index in [1.54, 1.807) is 13.0 Å². The molecule has 0 aliphatic carbocycles. The van der Waals surface area contributed by atoms with Gasteiger partial charge in [0.05, 0.1) is 11.4 Å². The number of rotatable bonds is 7. The second-order valence-corrected chi connectivity index (χ2v) is 7.77. The molecule has 170 valence electrons. The fourth-order valence-electron chi connectivity index (χ4n) is 3.96. The van der Waals surface area contributed by atoms with Gasteiger partial charge >= 0.3 is 0 Å². The highest BCUT2D eigenvalue weighted by molar-refractivity contribution is 5.96. The van der Waals surface area contributed by atoms with E-state index in [0.717, 1.165) is 37.4 Å². The number of nitrogen functional groups attached to an aromatic ring is 1. The fourth-order valence-corrected chi connectivity index (χ4v) is 3.96. The molecule has 1 aliphatic rings. The number of anilines is 2. The van der Waals surface area contributed by atoms with Crippen LogP contribution in [0, 0.1) is 0 Å². The van der Waals surface area contributed by atoms with Crippen molar-refractivity contribution in [3.05, 3.63) is 71.9 Å². The highest BCUT2D eigenvalue weighted by Crippen LogP contribution is 2.28. The summed E-state index contributed by atoms with van der Waals surface area (Å²) in [5.74, 6) is 5.66. The van der Waals surface area contributed by atoms with Crippen molar-refractivity contribution in [3.63, 3.8) is 0 Å². The van der Waals surface area contributed by atoms with Crippen molar-refractivity contribution in [2.24, 2.45) is 10.9 Å². The van der Waals surface area contributed by atoms with E-state index in [2.05, 4.69) is 26.7 Å². The van der Waals surface area contributed by atoms with Crippen LogP contribution in [-0.2, 0) is 9.63 Å². The number of likely N-dealkylation sites (N-methyl/N-ethyl adjacent to an activating group) is 1. The molecule has 0 spiro atoms. The predicted molar refractivity (Wildman–Crippen MR) is 129 cm³/mol. The second kappa shape index (κ2) is 10.8. The van der Waals surface area contributed by atoms with Crippen molar-refractivity contribution < 1.29 is 9.63 Å². The average Bonchev–Trinajstić information content (AvgIpc) is 2.79. The number of benzene rings is 2. The lowest BCUT2D eigenvalue weighted by atomic mass is 10.0. The van der Waals surface area contributed by atoms with Gasteiger partial charge in [0.1, 0.15) is 6.04 Å². The van der Waals surface area contributed by atoms with Crippen molar-refractivity contribution >= 4 is 23.2 Å². The Morgan fingerprint density at radius 3 is 2.44 bits per heavy atom. The van der Waals surface area contributed by atoms with Crippen LogP contribution in [0.3, 0.4) is 0 Å². The summed E-state index contributed by atoms with van der Waals surface area (Å²) < 4.78 is 0. The number of amides is 1. The molecule has 1 saturated heterocycles. The Kier molecular flexibility index (Phi) is 7.86. The quantitative estimate of drug-likeness (QED) is 0.266. The Morgan fingerprint density at radius 2 is 1.88 bits per heavy atom. The molecule has 3 rings (SSSR count). The first-order chi connectivity index (χ1) is 15.4. The van der Waals surface area contributed by atoms with E-state index >= 15 is 0 Å². The number of nitrogens with two attached hydrogens (primary N) is 2. The van der Waals surface area contributed by atoms with Gasteiger partial charge in [-0.05, 0) is 37.6 Å². The normalized spacial score (nSPS) is 15.8. The first-order valence-electron chi connectivity index (χ1n) is 10.8. The van der Waals surface area contributed by atoms with Gasteiger partial charge in [0.25, 0.3) is 0 Å². The third-order valence-electron chi connectivity index (χ3n) is 5.41.